The van der Waals surface area contributed by atoms with Crippen LogP contribution in [0.25, 0.3) is 0 Å². The Morgan fingerprint density at radius 2 is 1.60 bits per heavy atom. The highest BCUT2D eigenvalue weighted by Gasteiger charge is 2.21. The fourth-order valence-electron chi connectivity index (χ4n) is 3.58. The van der Waals surface area contributed by atoms with E-state index in [9.17, 15) is 9.59 Å². The molecule has 6 nitrogen and oxygen atoms in total. The molecule has 0 unspecified atom stereocenters. The molecule has 2 aliphatic rings. The number of aromatic nitrogens is 1. The molecular weight excluding hydrogens is 316 g/mol. The Bertz CT molecular complexity index is 593. The minimum absolute atomic E-state index is 0.0395. The predicted molar refractivity (Wildman–Crippen MR) is 97.5 cm³/mol. The Morgan fingerprint density at radius 3 is 2.28 bits per heavy atom. The number of nitrogens with zero attached hydrogens (tertiary/aromatic N) is 3. The van der Waals surface area contributed by atoms with Gasteiger partial charge in [-0.15, -0.1) is 0 Å². The number of likely N-dealkylation sites (tertiary alicyclic amines) is 2. The molecule has 1 aromatic heterocycles. The summed E-state index contributed by atoms with van der Waals surface area (Å²) in [5.41, 5.74) is 0.606. The van der Waals surface area contributed by atoms with E-state index in [1.54, 1.807) is 12.3 Å². The predicted octanol–water partition coefficient (Wildman–Crippen LogP) is 2.52. The average molecular weight is 344 g/mol. The molecule has 2 fully saturated rings. The first-order chi connectivity index (χ1) is 12.3. The maximum absolute atomic E-state index is 12.7. The second-order valence-electron chi connectivity index (χ2n) is 6.87. The monoisotopic (exact) mass is 344 g/mol. The Labute approximate surface area is 149 Å². The highest BCUT2D eigenvalue weighted by molar-refractivity contribution is 5.98. The van der Waals surface area contributed by atoms with Gasteiger partial charge in [0.2, 0.25) is 5.91 Å². The van der Waals surface area contributed by atoms with Gasteiger partial charge in [0.25, 0.3) is 5.91 Å². The Kier molecular flexibility index (Phi) is 6.25. The Balaban J connectivity index is 1.55. The normalized spacial score (nSPS) is 18.1. The van der Waals surface area contributed by atoms with Gasteiger partial charge in [-0.05, 0) is 50.7 Å². The molecule has 2 aliphatic heterocycles. The number of carbonyl (C=O) groups is 2. The summed E-state index contributed by atoms with van der Waals surface area (Å²) in [5.74, 6) is 0.814. The van der Waals surface area contributed by atoms with Crippen molar-refractivity contribution in [2.24, 2.45) is 0 Å². The number of rotatable bonds is 5. The van der Waals surface area contributed by atoms with Crippen molar-refractivity contribution < 1.29 is 9.59 Å². The zero-order chi connectivity index (χ0) is 17.5. The molecule has 0 saturated carbocycles. The van der Waals surface area contributed by atoms with E-state index in [2.05, 4.69) is 10.3 Å². The number of piperidine rings is 2. The van der Waals surface area contributed by atoms with E-state index in [-0.39, 0.29) is 11.8 Å². The van der Waals surface area contributed by atoms with E-state index in [1.807, 2.05) is 15.9 Å². The van der Waals surface area contributed by atoms with Gasteiger partial charge in [0.1, 0.15) is 5.82 Å². The van der Waals surface area contributed by atoms with Crippen molar-refractivity contribution in [3.63, 3.8) is 0 Å². The second kappa shape index (κ2) is 8.83. The van der Waals surface area contributed by atoms with Crippen molar-refractivity contribution in [1.82, 2.24) is 14.8 Å². The molecule has 0 aliphatic carbocycles. The molecule has 0 spiro atoms. The van der Waals surface area contributed by atoms with Gasteiger partial charge < -0.3 is 15.1 Å². The number of nitrogens with one attached hydrogen (secondary N) is 1. The van der Waals surface area contributed by atoms with Gasteiger partial charge in [-0.25, -0.2) is 4.98 Å². The lowest BCUT2D eigenvalue weighted by Gasteiger charge is -2.27. The molecule has 1 N–H and O–H groups in total. The number of carbonyl (C=O) groups excluding carboxylic acids is 2. The van der Waals surface area contributed by atoms with Crippen LogP contribution in [0.3, 0.4) is 0 Å². The summed E-state index contributed by atoms with van der Waals surface area (Å²) in [5, 5.41) is 3.20. The van der Waals surface area contributed by atoms with E-state index in [0.717, 1.165) is 51.9 Å². The number of hydrogen-bond acceptors (Lipinski definition) is 4. The van der Waals surface area contributed by atoms with Crippen molar-refractivity contribution in [1.29, 1.82) is 0 Å². The highest BCUT2D eigenvalue weighted by atomic mass is 16.2. The van der Waals surface area contributed by atoms with Crippen LogP contribution in [0.5, 0.6) is 0 Å². The molecule has 1 aromatic rings. The zero-order valence-electron chi connectivity index (χ0n) is 14.9. The van der Waals surface area contributed by atoms with E-state index in [0.29, 0.717) is 24.3 Å². The summed E-state index contributed by atoms with van der Waals surface area (Å²) in [4.78, 5) is 33.2. The van der Waals surface area contributed by atoms with E-state index in [4.69, 9.17) is 0 Å². The second-order valence-corrected chi connectivity index (χ2v) is 6.87. The molecular formula is C19H28N4O2. The van der Waals surface area contributed by atoms with Crippen LogP contribution in [0.2, 0.25) is 0 Å². The van der Waals surface area contributed by atoms with Gasteiger partial charge in [-0.1, -0.05) is 0 Å². The molecule has 25 heavy (non-hydrogen) atoms. The summed E-state index contributed by atoms with van der Waals surface area (Å²) in [6, 6.07) is 3.61. The molecule has 6 heteroatoms. The van der Waals surface area contributed by atoms with Gasteiger partial charge in [0, 0.05) is 45.3 Å². The fraction of sp³-hybridized carbons (Fsp3) is 0.632. The molecule has 136 valence electrons. The van der Waals surface area contributed by atoms with E-state index < -0.39 is 0 Å². The lowest BCUT2D eigenvalue weighted by atomic mass is 10.1. The SMILES string of the molecule is O=C(CCNc1ncccc1C(=O)N1CCCCC1)N1CCCCC1. The summed E-state index contributed by atoms with van der Waals surface area (Å²) < 4.78 is 0. The van der Waals surface area contributed by atoms with Crippen LogP contribution < -0.4 is 5.32 Å². The van der Waals surface area contributed by atoms with E-state index >= 15 is 0 Å². The van der Waals surface area contributed by atoms with Crippen molar-refractivity contribution in [2.45, 2.75) is 44.9 Å². The maximum atomic E-state index is 12.7. The molecule has 0 radical (unpaired) electrons. The van der Waals surface area contributed by atoms with Crippen LogP contribution in [0, 0.1) is 0 Å². The summed E-state index contributed by atoms with van der Waals surface area (Å²) >= 11 is 0. The molecule has 0 bridgehead atoms. The van der Waals surface area contributed by atoms with Crippen molar-refractivity contribution >= 4 is 17.6 Å². The molecule has 0 aromatic carbocycles. The van der Waals surface area contributed by atoms with Crippen LogP contribution in [0.15, 0.2) is 18.3 Å². The first kappa shape index (κ1) is 17.7. The van der Waals surface area contributed by atoms with Crippen LogP contribution in [-0.2, 0) is 4.79 Å². The topological polar surface area (TPSA) is 65.5 Å². The third-order valence-corrected chi connectivity index (χ3v) is 5.02. The van der Waals surface area contributed by atoms with Gasteiger partial charge in [0.15, 0.2) is 0 Å². The summed E-state index contributed by atoms with van der Waals surface area (Å²) in [7, 11) is 0. The van der Waals surface area contributed by atoms with Crippen LogP contribution >= 0.6 is 0 Å². The number of pyridine rings is 1. The van der Waals surface area contributed by atoms with Crippen LogP contribution in [0.1, 0.15) is 55.3 Å². The third-order valence-electron chi connectivity index (χ3n) is 5.02. The van der Waals surface area contributed by atoms with Gasteiger partial charge in [-0.2, -0.15) is 0 Å². The first-order valence-corrected chi connectivity index (χ1v) is 9.51. The van der Waals surface area contributed by atoms with Gasteiger partial charge in [-0.3, -0.25) is 9.59 Å². The number of anilines is 1. The standard InChI is InChI=1S/C19H28N4O2/c24-17(22-12-3-1-4-13-22)9-11-21-18-16(8-7-10-20-18)19(25)23-14-5-2-6-15-23/h7-8,10H,1-6,9,11-15H2,(H,20,21). The summed E-state index contributed by atoms with van der Waals surface area (Å²) in [6.07, 6.45) is 8.88. The Hall–Kier alpha value is -2.11. The van der Waals surface area contributed by atoms with Gasteiger partial charge in [0.05, 0.1) is 5.56 Å². The minimum atomic E-state index is 0.0395. The number of amides is 2. The van der Waals surface area contributed by atoms with Crippen molar-refractivity contribution in [3.05, 3.63) is 23.9 Å². The zero-order valence-corrected chi connectivity index (χ0v) is 14.9. The Morgan fingerprint density at radius 1 is 0.960 bits per heavy atom. The third kappa shape index (κ3) is 4.71. The fourth-order valence-corrected chi connectivity index (χ4v) is 3.58. The first-order valence-electron chi connectivity index (χ1n) is 9.51. The highest BCUT2D eigenvalue weighted by Crippen LogP contribution is 2.18. The van der Waals surface area contributed by atoms with E-state index in [1.165, 1.54) is 12.8 Å². The summed E-state index contributed by atoms with van der Waals surface area (Å²) in [6.45, 7) is 3.90. The average Bonchev–Trinajstić information content (AvgIpc) is 2.69. The van der Waals surface area contributed by atoms with Crippen LogP contribution in [-0.4, -0.2) is 59.3 Å². The molecule has 2 amide bonds. The molecule has 3 rings (SSSR count). The lowest BCUT2D eigenvalue weighted by Crippen LogP contribution is -2.37. The number of hydrogen-bond donors (Lipinski definition) is 1. The smallest absolute Gasteiger partial charge is 0.257 e. The largest absolute Gasteiger partial charge is 0.369 e. The van der Waals surface area contributed by atoms with Crippen LogP contribution in [0.4, 0.5) is 5.82 Å². The molecule has 2 saturated heterocycles. The quantitative estimate of drug-likeness (QED) is 0.891. The lowest BCUT2D eigenvalue weighted by molar-refractivity contribution is -0.131. The van der Waals surface area contributed by atoms with Gasteiger partial charge >= 0.3 is 0 Å². The molecule has 3 heterocycles. The minimum Gasteiger partial charge on any atom is -0.369 e. The molecule has 0 atom stereocenters. The van der Waals surface area contributed by atoms with Crippen molar-refractivity contribution in [3.8, 4) is 0 Å². The maximum Gasteiger partial charge on any atom is 0.257 e. The van der Waals surface area contributed by atoms with Crippen molar-refractivity contribution in [2.75, 3.05) is 38.0 Å².